The quantitative estimate of drug-likeness (QED) is 0.513. The minimum atomic E-state index is 0.298. The lowest BCUT2D eigenvalue weighted by Crippen LogP contribution is -2.06. The van der Waals surface area contributed by atoms with Crippen molar-refractivity contribution in [2.75, 3.05) is 0 Å². The summed E-state index contributed by atoms with van der Waals surface area (Å²) < 4.78 is 0. The monoisotopic (exact) mass is 135 g/mol. The number of hydrogen-bond acceptors (Lipinski definition) is 1. The topological polar surface area (TPSA) is 20.2 Å². The van der Waals surface area contributed by atoms with Gasteiger partial charge in [-0.2, -0.15) is 0 Å². The first-order valence-corrected chi connectivity index (χ1v) is 3.22. The number of benzene rings is 1. The van der Waals surface area contributed by atoms with E-state index in [4.69, 9.17) is 5.11 Å². The van der Waals surface area contributed by atoms with Crippen molar-refractivity contribution in [2.24, 2.45) is 0 Å². The fourth-order valence-electron chi connectivity index (χ4n) is 0.652. The van der Waals surface area contributed by atoms with Crippen LogP contribution in [-0.4, -0.2) is 15.3 Å². The Hall–Kier alpha value is -0.763. The highest BCUT2D eigenvalue weighted by molar-refractivity contribution is 6.35. The van der Waals surface area contributed by atoms with Gasteiger partial charge in [0, 0.05) is 0 Å². The number of phenols is 1. The van der Waals surface area contributed by atoms with Crippen molar-refractivity contribution in [2.45, 2.75) is 6.92 Å². The molecule has 1 rings (SSSR count). The Labute approximate surface area is 57.8 Å². The van der Waals surface area contributed by atoms with Crippen molar-refractivity contribution in [3.05, 3.63) is 23.8 Å². The Bertz CT molecular complexity index is 200. The van der Waals surface area contributed by atoms with E-state index in [0.29, 0.717) is 5.75 Å². The maximum absolute atomic E-state index is 9.05. The molecule has 0 aromatic heterocycles. The minimum Gasteiger partial charge on any atom is -0.508 e. The van der Waals surface area contributed by atoms with Crippen LogP contribution in [0.1, 0.15) is 5.56 Å². The molecule has 0 unspecified atom stereocenters. The van der Waals surface area contributed by atoms with Crippen molar-refractivity contribution in [1.82, 2.24) is 0 Å². The Kier molecular flexibility index (Phi) is 1.58. The van der Waals surface area contributed by atoms with Gasteiger partial charge in [-0.15, -0.1) is 0 Å². The van der Waals surface area contributed by atoms with Crippen LogP contribution in [0.5, 0.6) is 5.75 Å². The van der Waals surface area contributed by atoms with Gasteiger partial charge in [-0.05, 0) is 23.7 Å². The van der Waals surface area contributed by atoms with E-state index in [1.54, 1.807) is 6.07 Å². The normalized spacial score (nSPS) is 9.56. The SMILES string of the molecule is Cc1cccc(O)c1[Si]. The van der Waals surface area contributed by atoms with Gasteiger partial charge < -0.3 is 5.11 Å². The van der Waals surface area contributed by atoms with Crippen LogP contribution in [0.4, 0.5) is 0 Å². The van der Waals surface area contributed by atoms with Gasteiger partial charge in [0.15, 0.2) is 0 Å². The molecule has 2 heteroatoms. The molecule has 45 valence electrons. The van der Waals surface area contributed by atoms with Crippen molar-refractivity contribution in [3.8, 4) is 5.75 Å². The number of rotatable bonds is 0. The number of aryl methyl sites for hydroxylation is 1. The maximum Gasteiger partial charge on any atom is 0.114 e. The standard InChI is InChI=1S/C7H7OSi/c1-5-3-2-4-6(8)7(5)9/h2-4,8H,1H3. The molecule has 0 bridgehead atoms. The number of phenolic OH excluding ortho intramolecular Hbond substituents is 1. The molecule has 1 nitrogen and oxygen atoms in total. The van der Waals surface area contributed by atoms with Crippen molar-refractivity contribution in [3.63, 3.8) is 0 Å². The first-order valence-electron chi connectivity index (χ1n) is 2.72. The van der Waals surface area contributed by atoms with E-state index in [1.165, 1.54) is 0 Å². The maximum atomic E-state index is 9.05. The molecule has 0 heterocycles. The third kappa shape index (κ3) is 1.13. The molecule has 0 fully saturated rings. The van der Waals surface area contributed by atoms with Gasteiger partial charge in [0.2, 0.25) is 0 Å². The van der Waals surface area contributed by atoms with E-state index in [0.717, 1.165) is 10.8 Å². The van der Waals surface area contributed by atoms with Crippen LogP contribution >= 0.6 is 0 Å². The molecule has 0 aliphatic heterocycles. The zero-order valence-corrected chi connectivity index (χ0v) is 6.18. The molecule has 0 saturated carbocycles. The summed E-state index contributed by atoms with van der Waals surface area (Å²) in [6.45, 7) is 1.93. The van der Waals surface area contributed by atoms with Gasteiger partial charge in [-0.1, -0.05) is 12.1 Å². The summed E-state index contributed by atoms with van der Waals surface area (Å²) in [5, 5.41) is 9.83. The van der Waals surface area contributed by atoms with Gasteiger partial charge in [-0.3, -0.25) is 0 Å². The highest BCUT2D eigenvalue weighted by Crippen LogP contribution is 2.04. The van der Waals surface area contributed by atoms with E-state index >= 15 is 0 Å². The fraction of sp³-hybridized carbons (Fsp3) is 0.143. The molecule has 0 spiro atoms. The Morgan fingerprint density at radius 1 is 1.44 bits per heavy atom. The van der Waals surface area contributed by atoms with E-state index < -0.39 is 0 Å². The molecule has 1 aromatic carbocycles. The highest BCUT2D eigenvalue weighted by Gasteiger charge is 1.94. The molecule has 1 aromatic rings. The van der Waals surface area contributed by atoms with Gasteiger partial charge in [0.1, 0.15) is 5.75 Å². The van der Waals surface area contributed by atoms with Gasteiger partial charge >= 0.3 is 0 Å². The van der Waals surface area contributed by atoms with Crippen molar-refractivity contribution in [1.29, 1.82) is 0 Å². The molecule has 0 aliphatic rings. The second kappa shape index (κ2) is 2.23. The van der Waals surface area contributed by atoms with Crippen LogP contribution in [0.3, 0.4) is 0 Å². The van der Waals surface area contributed by atoms with E-state index in [9.17, 15) is 0 Å². The van der Waals surface area contributed by atoms with Crippen LogP contribution in [0, 0.1) is 6.92 Å². The Morgan fingerprint density at radius 2 is 2.11 bits per heavy atom. The van der Waals surface area contributed by atoms with Gasteiger partial charge in [-0.25, -0.2) is 0 Å². The summed E-state index contributed by atoms with van der Waals surface area (Å²) in [5.74, 6) is 0.298. The average molecular weight is 135 g/mol. The molecular formula is C7H7OSi. The lowest BCUT2D eigenvalue weighted by Gasteiger charge is -1.99. The van der Waals surface area contributed by atoms with Gasteiger partial charge in [0.25, 0.3) is 0 Å². The van der Waals surface area contributed by atoms with Crippen molar-refractivity contribution < 1.29 is 5.11 Å². The van der Waals surface area contributed by atoms with Crippen LogP contribution in [0.25, 0.3) is 0 Å². The summed E-state index contributed by atoms with van der Waals surface area (Å²) >= 11 is 0. The average Bonchev–Trinajstić information content (AvgIpc) is 1.83. The second-order valence-corrected chi connectivity index (χ2v) is 2.47. The van der Waals surface area contributed by atoms with Crippen LogP contribution in [-0.2, 0) is 0 Å². The first kappa shape index (κ1) is 6.36. The first-order chi connectivity index (χ1) is 4.22. The number of hydrogen-bond donors (Lipinski definition) is 1. The van der Waals surface area contributed by atoms with Crippen LogP contribution in [0.15, 0.2) is 18.2 Å². The Balaban J connectivity index is 3.25. The summed E-state index contributed by atoms with van der Waals surface area (Å²) in [6, 6.07) is 5.39. The molecule has 1 N–H and O–H groups in total. The molecular weight excluding hydrogens is 128 g/mol. The summed E-state index contributed by atoms with van der Waals surface area (Å²) in [5.41, 5.74) is 1.05. The molecule has 0 atom stereocenters. The smallest absolute Gasteiger partial charge is 0.114 e. The third-order valence-corrected chi connectivity index (χ3v) is 1.90. The second-order valence-electron chi connectivity index (χ2n) is 1.97. The predicted octanol–water partition coefficient (Wildman–Crippen LogP) is 0.494. The number of aromatic hydroxyl groups is 1. The molecule has 0 amide bonds. The molecule has 9 heavy (non-hydrogen) atoms. The zero-order chi connectivity index (χ0) is 6.85. The summed E-state index contributed by atoms with van der Waals surface area (Å²) in [6.07, 6.45) is 0. The van der Waals surface area contributed by atoms with Crippen LogP contribution < -0.4 is 5.19 Å². The van der Waals surface area contributed by atoms with Gasteiger partial charge in [0.05, 0.1) is 10.2 Å². The van der Waals surface area contributed by atoms with E-state index in [-0.39, 0.29) is 0 Å². The summed E-state index contributed by atoms with van der Waals surface area (Å²) in [4.78, 5) is 0. The largest absolute Gasteiger partial charge is 0.508 e. The molecule has 3 radical (unpaired) electrons. The highest BCUT2D eigenvalue weighted by atomic mass is 28.1. The Morgan fingerprint density at radius 3 is 2.56 bits per heavy atom. The predicted molar refractivity (Wildman–Crippen MR) is 38.2 cm³/mol. The van der Waals surface area contributed by atoms with Crippen LogP contribution in [0.2, 0.25) is 0 Å². The minimum absolute atomic E-state index is 0.298. The van der Waals surface area contributed by atoms with E-state index in [2.05, 4.69) is 10.2 Å². The lowest BCUT2D eigenvalue weighted by molar-refractivity contribution is 0.479. The van der Waals surface area contributed by atoms with E-state index in [1.807, 2.05) is 19.1 Å². The molecule has 0 aliphatic carbocycles. The summed E-state index contributed by atoms with van der Waals surface area (Å²) in [7, 11) is 3.28. The molecule has 0 saturated heterocycles. The fourth-order valence-corrected chi connectivity index (χ4v) is 0.819. The lowest BCUT2D eigenvalue weighted by atomic mass is 10.2. The van der Waals surface area contributed by atoms with Crippen molar-refractivity contribution >= 4 is 15.4 Å². The zero-order valence-electron chi connectivity index (χ0n) is 5.18. The third-order valence-electron chi connectivity index (χ3n) is 1.25.